The Balaban J connectivity index is 0.00000225. The standard InChI is InChI=1S/C18H29N5O.HI/c1-3-19-18(20-8-4-15-6-10-24-11-7-15)23-9-5-16(14-23)17-12-21-22(2)13-17;/h6,12-13,16H,3-5,7-11,14H2,1-2H3,(H,19,20);1H. The SMILES string of the molecule is CCNC(=NCCC1=CCOCC1)N1CCC(c2cnn(C)c2)C1.I. The van der Waals surface area contributed by atoms with Gasteiger partial charge in [-0.05, 0) is 31.7 Å². The first-order valence-electron chi connectivity index (χ1n) is 9.03. The van der Waals surface area contributed by atoms with E-state index < -0.39 is 0 Å². The molecule has 2 aliphatic rings. The average molecular weight is 459 g/mol. The summed E-state index contributed by atoms with van der Waals surface area (Å²) >= 11 is 0. The number of nitrogens with zero attached hydrogens (tertiary/aromatic N) is 4. The minimum atomic E-state index is 0. The molecule has 1 fully saturated rings. The number of halogens is 1. The van der Waals surface area contributed by atoms with E-state index in [1.54, 1.807) is 0 Å². The number of nitrogens with one attached hydrogen (secondary N) is 1. The van der Waals surface area contributed by atoms with Gasteiger partial charge in [0.05, 0.1) is 19.4 Å². The van der Waals surface area contributed by atoms with Gasteiger partial charge < -0.3 is 15.0 Å². The highest BCUT2D eigenvalue weighted by molar-refractivity contribution is 14.0. The molecule has 2 aliphatic heterocycles. The quantitative estimate of drug-likeness (QED) is 0.318. The van der Waals surface area contributed by atoms with Crippen LogP contribution >= 0.6 is 24.0 Å². The Morgan fingerprint density at radius 1 is 1.48 bits per heavy atom. The summed E-state index contributed by atoms with van der Waals surface area (Å²) in [5.74, 6) is 1.61. The topological polar surface area (TPSA) is 54.7 Å². The van der Waals surface area contributed by atoms with Gasteiger partial charge in [-0.1, -0.05) is 11.6 Å². The first kappa shape index (κ1) is 20.2. The molecule has 3 rings (SSSR count). The maximum Gasteiger partial charge on any atom is 0.193 e. The minimum Gasteiger partial charge on any atom is -0.377 e. The zero-order valence-corrected chi connectivity index (χ0v) is 17.6. The van der Waals surface area contributed by atoms with Crippen molar-refractivity contribution >= 4 is 29.9 Å². The Labute approximate surface area is 167 Å². The predicted octanol–water partition coefficient (Wildman–Crippen LogP) is 2.53. The van der Waals surface area contributed by atoms with Gasteiger partial charge in [-0.2, -0.15) is 5.10 Å². The first-order chi connectivity index (χ1) is 11.8. The molecule has 6 nitrogen and oxygen atoms in total. The van der Waals surface area contributed by atoms with Crippen LogP contribution in [0.25, 0.3) is 0 Å². The molecule has 0 radical (unpaired) electrons. The van der Waals surface area contributed by atoms with Crippen LogP contribution in [0, 0.1) is 0 Å². The van der Waals surface area contributed by atoms with Crippen molar-refractivity contribution < 1.29 is 4.74 Å². The van der Waals surface area contributed by atoms with Gasteiger partial charge in [0.1, 0.15) is 0 Å². The molecule has 1 N–H and O–H groups in total. The largest absolute Gasteiger partial charge is 0.377 e. The van der Waals surface area contributed by atoms with E-state index >= 15 is 0 Å². The molecule has 1 unspecified atom stereocenters. The van der Waals surface area contributed by atoms with Crippen LogP contribution in [0.15, 0.2) is 29.0 Å². The number of guanidine groups is 1. The fraction of sp³-hybridized carbons (Fsp3) is 0.667. The van der Waals surface area contributed by atoms with E-state index in [-0.39, 0.29) is 24.0 Å². The van der Waals surface area contributed by atoms with Crippen molar-refractivity contribution in [3.05, 3.63) is 29.6 Å². The van der Waals surface area contributed by atoms with Crippen LogP contribution in [-0.4, -0.2) is 60.0 Å². The Hall–Kier alpha value is -1.09. The second-order valence-electron chi connectivity index (χ2n) is 6.55. The fourth-order valence-corrected chi connectivity index (χ4v) is 3.40. The lowest BCUT2D eigenvalue weighted by Gasteiger charge is -2.22. The average Bonchev–Trinajstić information content (AvgIpc) is 3.24. The van der Waals surface area contributed by atoms with Gasteiger partial charge in [0, 0.05) is 45.3 Å². The van der Waals surface area contributed by atoms with Gasteiger partial charge in [-0.15, -0.1) is 24.0 Å². The molecule has 1 aromatic heterocycles. The molecule has 0 aromatic carbocycles. The molecule has 0 bridgehead atoms. The number of hydrogen-bond acceptors (Lipinski definition) is 3. The lowest BCUT2D eigenvalue weighted by molar-refractivity contribution is 0.153. The van der Waals surface area contributed by atoms with Gasteiger partial charge in [-0.3, -0.25) is 9.67 Å². The molecule has 0 aliphatic carbocycles. The summed E-state index contributed by atoms with van der Waals surface area (Å²) in [6, 6.07) is 0. The van der Waals surface area contributed by atoms with Gasteiger partial charge in [-0.25, -0.2) is 0 Å². The summed E-state index contributed by atoms with van der Waals surface area (Å²) in [6.07, 6.45) is 9.60. The number of aromatic nitrogens is 2. The summed E-state index contributed by atoms with van der Waals surface area (Å²) in [6.45, 7) is 7.58. The number of likely N-dealkylation sites (tertiary alicyclic amines) is 1. The molecule has 1 aromatic rings. The normalized spacial score (nSPS) is 21.0. The molecular formula is C18H30IN5O. The van der Waals surface area contributed by atoms with Crippen molar-refractivity contribution in [1.29, 1.82) is 0 Å². The molecule has 1 saturated heterocycles. The van der Waals surface area contributed by atoms with Gasteiger partial charge in [0.25, 0.3) is 0 Å². The predicted molar refractivity (Wildman–Crippen MR) is 112 cm³/mol. The third-order valence-electron chi connectivity index (χ3n) is 4.77. The molecule has 3 heterocycles. The van der Waals surface area contributed by atoms with E-state index in [1.807, 2.05) is 17.9 Å². The van der Waals surface area contributed by atoms with Crippen LogP contribution in [-0.2, 0) is 11.8 Å². The number of aryl methyl sites for hydroxylation is 1. The highest BCUT2D eigenvalue weighted by atomic mass is 127. The number of rotatable bonds is 5. The molecule has 0 saturated carbocycles. The molecule has 1 atom stereocenters. The van der Waals surface area contributed by atoms with E-state index in [0.29, 0.717) is 5.92 Å². The van der Waals surface area contributed by atoms with Crippen LogP contribution in [0.5, 0.6) is 0 Å². The molecule has 0 spiro atoms. The zero-order chi connectivity index (χ0) is 16.8. The fourth-order valence-electron chi connectivity index (χ4n) is 3.40. The van der Waals surface area contributed by atoms with Crippen LogP contribution in [0.3, 0.4) is 0 Å². The van der Waals surface area contributed by atoms with Gasteiger partial charge >= 0.3 is 0 Å². The van der Waals surface area contributed by atoms with Crippen molar-refractivity contribution in [3.63, 3.8) is 0 Å². The summed E-state index contributed by atoms with van der Waals surface area (Å²) in [5.41, 5.74) is 2.82. The first-order valence-corrected chi connectivity index (χ1v) is 9.03. The lowest BCUT2D eigenvalue weighted by atomic mass is 10.0. The van der Waals surface area contributed by atoms with E-state index in [9.17, 15) is 0 Å². The number of hydrogen-bond donors (Lipinski definition) is 1. The lowest BCUT2D eigenvalue weighted by Crippen LogP contribution is -2.40. The van der Waals surface area contributed by atoms with Crippen LogP contribution in [0.2, 0.25) is 0 Å². The van der Waals surface area contributed by atoms with Gasteiger partial charge in [0.2, 0.25) is 0 Å². The molecule has 25 heavy (non-hydrogen) atoms. The third-order valence-corrected chi connectivity index (χ3v) is 4.77. The molecule has 7 heteroatoms. The van der Waals surface area contributed by atoms with E-state index in [4.69, 9.17) is 9.73 Å². The summed E-state index contributed by atoms with van der Waals surface area (Å²) < 4.78 is 7.25. The number of aliphatic imine (C=N–C) groups is 1. The molecule has 140 valence electrons. The van der Waals surface area contributed by atoms with Crippen molar-refractivity contribution in [2.75, 3.05) is 39.4 Å². The van der Waals surface area contributed by atoms with Crippen molar-refractivity contribution in [1.82, 2.24) is 20.0 Å². The highest BCUT2D eigenvalue weighted by Gasteiger charge is 2.26. The Kier molecular flexibility index (Phi) is 8.21. The van der Waals surface area contributed by atoms with Gasteiger partial charge in [0.15, 0.2) is 5.96 Å². The zero-order valence-electron chi connectivity index (χ0n) is 15.3. The summed E-state index contributed by atoms with van der Waals surface area (Å²) in [5, 5.41) is 7.76. The second-order valence-corrected chi connectivity index (χ2v) is 6.55. The smallest absolute Gasteiger partial charge is 0.193 e. The second kappa shape index (κ2) is 10.2. The van der Waals surface area contributed by atoms with E-state index in [0.717, 1.165) is 58.2 Å². The Morgan fingerprint density at radius 2 is 2.36 bits per heavy atom. The van der Waals surface area contributed by atoms with Crippen molar-refractivity contribution in [3.8, 4) is 0 Å². The maximum atomic E-state index is 5.36. The molecule has 0 amide bonds. The van der Waals surface area contributed by atoms with Crippen molar-refractivity contribution in [2.24, 2.45) is 12.0 Å². The van der Waals surface area contributed by atoms with Crippen LogP contribution in [0.1, 0.15) is 37.7 Å². The van der Waals surface area contributed by atoms with Crippen LogP contribution < -0.4 is 5.32 Å². The maximum absolute atomic E-state index is 5.36. The monoisotopic (exact) mass is 459 g/mol. The molecular weight excluding hydrogens is 429 g/mol. The summed E-state index contributed by atoms with van der Waals surface area (Å²) in [7, 11) is 1.98. The Bertz CT molecular complexity index is 598. The van der Waals surface area contributed by atoms with E-state index in [1.165, 1.54) is 17.6 Å². The Morgan fingerprint density at radius 3 is 3.04 bits per heavy atom. The highest BCUT2D eigenvalue weighted by Crippen LogP contribution is 2.26. The third kappa shape index (κ3) is 5.70. The summed E-state index contributed by atoms with van der Waals surface area (Å²) in [4.78, 5) is 7.24. The van der Waals surface area contributed by atoms with E-state index in [2.05, 4.69) is 34.5 Å². The van der Waals surface area contributed by atoms with Crippen LogP contribution in [0.4, 0.5) is 0 Å². The van der Waals surface area contributed by atoms with Crippen molar-refractivity contribution in [2.45, 2.75) is 32.1 Å². The number of ether oxygens (including phenoxy) is 1. The minimum absolute atomic E-state index is 0.